The third-order valence-corrected chi connectivity index (χ3v) is 4.56. The van der Waals surface area contributed by atoms with Crippen molar-refractivity contribution in [3.63, 3.8) is 0 Å². The lowest BCUT2D eigenvalue weighted by Gasteiger charge is -2.21. The maximum Gasteiger partial charge on any atom is 0.166 e. The fourth-order valence-electron chi connectivity index (χ4n) is 3.61. The van der Waals surface area contributed by atoms with E-state index >= 15 is 0 Å². The third-order valence-electron chi connectivity index (χ3n) is 4.56. The number of aliphatic imine (C=N–C) groups is 1. The Morgan fingerprint density at radius 2 is 1.92 bits per heavy atom. The van der Waals surface area contributed by atoms with E-state index < -0.39 is 0 Å². The molecule has 3 nitrogen and oxygen atoms in total. The predicted molar refractivity (Wildman–Crippen MR) is 99.3 cm³/mol. The smallest absolute Gasteiger partial charge is 0.166 e. The molecule has 0 N–H and O–H groups in total. The summed E-state index contributed by atoms with van der Waals surface area (Å²) in [7, 11) is 1.71. The minimum Gasteiger partial charge on any atom is -0.493 e. The molecular weight excluding hydrogens is 322 g/mol. The molecule has 2 aromatic rings. The van der Waals surface area contributed by atoms with Gasteiger partial charge in [-0.15, -0.1) is 12.4 Å². The van der Waals surface area contributed by atoms with Crippen molar-refractivity contribution in [1.82, 2.24) is 0 Å². The molecule has 0 atom stereocenters. The van der Waals surface area contributed by atoms with Gasteiger partial charge < -0.3 is 9.47 Å². The van der Waals surface area contributed by atoms with Crippen LogP contribution in [0.25, 0.3) is 0 Å². The van der Waals surface area contributed by atoms with E-state index in [-0.39, 0.29) is 18.0 Å². The molecule has 0 radical (unpaired) electrons. The summed E-state index contributed by atoms with van der Waals surface area (Å²) >= 11 is 0. The standard InChI is InChI=1S/C20H21NO2.ClH/c1-20(2)12-15-17-14(11-16(22-3)19(15)23-20)9-10-21-18(17)13-7-5-4-6-8-13;/h4-8,11H,9-10,12H2,1-3H3;1H. The van der Waals surface area contributed by atoms with E-state index in [4.69, 9.17) is 14.5 Å². The first kappa shape index (κ1) is 16.8. The monoisotopic (exact) mass is 343 g/mol. The molecular formula is C20H22ClNO2. The summed E-state index contributed by atoms with van der Waals surface area (Å²) in [6.07, 6.45) is 1.84. The molecule has 0 spiro atoms. The van der Waals surface area contributed by atoms with Crippen LogP contribution in [0, 0.1) is 0 Å². The van der Waals surface area contributed by atoms with Crippen molar-refractivity contribution in [2.24, 2.45) is 4.99 Å². The van der Waals surface area contributed by atoms with E-state index in [0.29, 0.717) is 0 Å². The molecule has 0 saturated heterocycles. The van der Waals surface area contributed by atoms with Crippen molar-refractivity contribution in [2.75, 3.05) is 13.7 Å². The van der Waals surface area contributed by atoms with E-state index in [0.717, 1.165) is 36.6 Å². The highest BCUT2D eigenvalue weighted by Gasteiger charge is 2.37. The van der Waals surface area contributed by atoms with Gasteiger partial charge in [0.05, 0.1) is 12.8 Å². The summed E-state index contributed by atoms with van der Waals surface area (Å²) in [6, 6.07) is 12.6. The lowest BCUT2D eigenvalue weighted by atomic mass is 9.86. The average Bonchev–Trinajstić information content (AvgIpc) is 2.89. The summed E-state index contributed by atoms with van der Waals surface area (Å²) in [5, 5.41) is 0. The number of nitrogens with zero attached hydrogens (tertiary/aromatic N) is 1. The van der Waals surface area contributed by atoms with Gasteiger partial charge in [0, 0.05) is 29.7 Å². The van der Waals surface area contributed by atoms with Gasteiger partial charge in [0.2, 0.25) is 0 Å². The first-order valence-corrected chi connectivity index (χ1v) is 8.11. The molecule has 4 heteroatoms. The number of ether oxygens (including phenoxy) is 2. The Bertz CT molecular complexity index is 797. The maximum atomic E-state index is 6.19. The zero-order valence-electron chi connectivity index (χ0n) is 14.3. The molecule has 126 valence electrons. The number of hydrogen-bond donors (Lipinski definition) is 0. The Morgan fingerprint density at radius 1 is 1.17 bits per heavy atom. The second-order valence-corrected chi connectivity index (χ2v) is 6.81. The van der Waals surface area contributed by atoms with Crippen molar-refractivity contribution in [3.8, 4) is 11.5 Å². The van der Waals surface area contributed by atoms with Crippen molar-refractivity contribution in [3.05, 3.63) is 58.7 Å². The lowest BCUT2D eigenvalue weighted by Crippen LogP contribution is -2.25. The van der Waals surface area contributed by atoms with Crippen LogP contribution in [0.5, 0.6) is 11.5 Å². The molecule has 0 fully saturated rings. The predicted octanol–water partition coefficient (Wildman–Crippen LogP) is 4.22. The Labute approximate surface area is 149 Å². The summed E-state index contributed by atoms with van der Waals surface area (Å²) in [6.45, 7) is 5.07. The second-order valence-electron chi connectivity index (χ2n) is 6.81. The largest absolute Gasteiger partial charge is 0.493 e. The van der Waals surface area contributed by atoms with Crippen LogP contribution in [0.15, 0.2) is 41.4 Å². The van der Waals surface area contributed by atoms with E-state index in [1.807, 2.05) is 6.07 Å². The Balaban J connectivity index is 0.00000169. The lowest BCUT2D eigenvalue weighted by molar-refractivity contribution is 0.134. The van der Waals surface area contributed by atoms with Gasteiger partial charge in [-0.1, -0.05) is 30.3 Å². The SMILES string of the molecule is COc1cc2c(c3c1OC(C)(C)C3)C(c1ccccc1)=NCC2.Cl. The molecule has 0 saturated carbocycles. The number of rotatable bonds is 2. The van der Waals surface area contributed by atoms with Crippen LogP contribution < -0.4 is 9.47 Å². The minimum atomic E-state index is -0.204. The second kappa shape index (κ2) is 6.14. The van der Waals surface area contributed by atoms with Crippen LogP contribution in [-0.4, -0.2) is 25.0 Å². The normalized spacial score (nSPS) is 17.0. The Morgan fingerprint density at radius 3 is 2.62 bits per heavy atom. The Hall–Kier alpha value is -2.00. The molecule has 2 aromatic carbocycles. The first-order chi connectivity index (χ1) is 11.1. The van der Waals surface area contributed by atoms with Crippen LogP contribution in [0.3, 0.4) is 0 Å². The zero-order chi connectivity index (χ0) is 16.0. The molecule has 0 aliphatic carbocycles. The van der Waals surface area contributed by atoms with Gasteiger partial charge in [-0.25, -0.2) is 0 Å². The fourth-order valence-corrected chi connectivity index (χ4v) is 3.61. The third kappa shape index (κ3) is 2.67. The molecule has 2 heterocycles. The summed E-state index contributed by atoms with van der Waals surface area (Å²) < 4.78 is 11.8. The number of methoxy groups -OCH3 is 1. The van der Waals surface area contributed by atoms with E-state index in [2.05, 4.69) is 44.2 Å². The molecule has 0 aromatic heterocycles. The molecule has 0 unspecified atom stereocenters. The molecule has 24 heavy (non-hydrogen) atoms. The van der Waals surface area contributed by atoms with Crippen LogP contribution in [0.2, 0.25) is 0 Å². The first-order valence-electron chi connectivity index (χ1n) is 8.11. The molecule has 0 amide bonds. The number of halogens is 1. The van der Waals surface area contributed by atoms with Gasteiger partial charge in [-0.05, 0) is 31.9 Å². The van der Waals surface area contributed by atoms with Gasteiger partial charge in [-0.3, -0.25) is 4.99 Å². The molecule has 4 rings (SSSR count). The van der Waals surface area contributed by atoms with Gasteiger partial charge in [0.25, 0.3) is 0 Å². The highest BCUT2D eigenvalue weighted by Crippen LogP contribution is 2.46. The van der Waals surface area contributed by atoms with Crippen LogP contribution in [-0.2, 0) is 12.8 Å². The number of hydrogen-bond acceptors (Lipinski definition) is 3. The van der Waals surface area contributed by atoms with Gasteiger partial charge in [0.15, 0.2) is 11.5 Å². The van der Waals surface area contributed by atoms with Crippen LogP contribution >= 0.6 is 12.4 Å². The number of fused-ring (bicyclic) bond motifs is 3. The Kier molecular flexibility index (Phi) is 4.31. The average molecular weight is 344 g/mol. The van der Waals surface area contributed by atoms with Gasteiger partial charge in [0.1, 0.15) is 5.60 Å². The van der Waals surface area contributed by atoms with Crippen molar-refractivity contribution >= 4 is 18.1 Å². The van der Waals surface area contributed by atoms with E-state index in [1.54, 1.807) is 7.11 Å². The van der Waals surface area contributed by atoms with E-state index in [1.165, 1.54) is 22.3 Å². The zero-order valence-corrected chi connectivity index (χ0v) is 15.1. The van der Waals surface area contributed by atoms with Crippen molar-refractivity contribution in [1.29, 1.82) is 0 Å². The van der Waals surface area contributed by atoms with Crippen LogP contribution in [0.1, 0.15) is 36.1 Å². The summed E-state index contributed by atoms with van der Waals surface area (Å²) in [4.78, 5) is 4.84. The van der Waals surface area contributed by atoms with Gasteiger partial charge >= 0.3 is 0 Å². The maximum absolute atomic E-state index is 6.19. The fraction of sp³-hybridized carbons (Fsp3) is 0.350. The molecule has 2 aliphatic rings. The highest BCUT2D eigenvalue weighted by molar-refractivity contribution is 6.15. The topological polar surface area (TPSA) is 30.8 Å². The van der Waals surface area contributed by atoms with Gasteiger partial charge in [-0.2, -0.15) is 0 Å². The van der Waals surface area contributed by atoms with Crippen LogP contribution in [0.4, 0.5) is 0 Å². The molecule has 0 bridgehead atoms. The quantitative estimate of drug-likeness (QED) is 0.817. The molecule has 2 aliphatic heterocycles. The van der Waals surface area contributed by atoms with Crippen molar-refractivity contribution in [2.45, 2.75) is 32.3 Å². The van der Waals surface area contributed by atoms with Crippen molar-refractivity contribution < 1.29 is 9.47 Å². The van der Waals surface area contributed by atoms with E-state index in [9.17, 15) is 0 Å². The summed E-state index contributed by atoms with van der Waals surface area (Å²) in [5.41, 5.74) is 5.87. The highest BCUT2D eigenvalue weighted by atomic mass is 35.5. The minimum absolute atomic E-state index is 0. The summed E-state index contributed by atoms with van der Waals surface area (Å²) in [5.74, 6) is 1.74. The number of benzene rings is 2.